The van der Waals surface area contributed by atoms with Crippen LogP contribution in [0.1, 0.15) is 23.0 Å². The van der Waals surface area contributed by atoms with E-state index in [2.05, 4.69) is 4.98 Å². The zero-order chi connectivity index (χ0) is 24.4. The molecule has 0 spiro atoms. The Balaban J connectivity index is 1.62. The lowest BCUT2D eigenvalue weighted by molar-refractivity contribution is 0.0960. The molecule has 0 aliphatic heterocycles. The molecule has 0 bridgehead atoms. The van der Waals surface area contributed by atoms with E-state index < -0.39 is 0 Å². The Morgan fingerprint density at radius 1 is 1.06 bits per heavy atom. The molecule has 9 heteroatoms. The highest BCUT2D eigenvalue weighted by Gasteiger charge is 2.27. The number of thiazole rings is 1. The summed E-state index contributed by atoms with van der Waals surface area (Å²) in [6.45, 7) is 2.65. The van der Waals surface area contributed by atoms with Crippen LogP contribution >= 0.6 is 11.3 Å². The molecule has 0 radical (unpaired) electrons. The van der Waals surface area contributed by atoms with Crippen LogP contribution in [0.2, 0.25) is 0 Å². The first-order chi connectivity index (χ1) is 17.1. The summed E-state index contributed by atoms with van der Waals surface area (Å²) in [5.74, 6) is 1.71. The molecular weight excluding hydrogens is 466 g/mol. The van der Waals surface area contributed by atoms with Crippen LogP contribution in [0.5, 0.6) is 17.2 Å². The average Bonchev–Trinajstić information content (AvgIpc) is 3.53. The van der Waals surface area contributed by atoms with E-state index in [4.69, 9.17) is 23.6 Å². The second-order valence-corrected chi connectivity index (χ2v) is 8.59. The molecule has 35 heavy (non-hydrogen) atoms. The summed E-state index contributed by atoms with van der Waals surface area (Å²) in [4.78, 5) is 24.4. The first-order valence-electron chi connectivity index (χ1n) is 11.0. The van der Waals surface area contributed by atoms with Crippen LogP contribution in [0.25, 0.3) is 21.2 Å². The molecule has 2 aromatic carbocycles. The highest BCUT2D eigenvalue weighted by atomic mass is 32.1. The number of para-hydroxylation sites is 1. The number of furan rings is 1. The maximum absolute atomic E-state index is 13.8. The third kappa shape index (κ3) is 4.26. The number of hydrogen-bond donors (Lipinski definition) is 0. The fraction of sp³-hybridized carbons (Fsp3) is 0.192. The molecule has 0 saturated heterocycles. The van der Waals surface area contributed by atoms with Gasteiger partial charge in [-0.25, -0.2) is 4.98 Å². The van der Waals surface area contributed by atoms with Gasteiger partial charge in [0.05, 0.1) is 27.4 Å². The minimum atomic E-state index is -0.329. The predicted octanol–water partition coefficient (Wildman–Crippen LogP) is 5.70. The third-order valence-electron chi connectivity index (χ3n) is 5.46. The summed E-state index contributed by atoms with van der Waals surface area (Å²) in [5, 5.41) is 1.27. The Bertz CT molecular complexity index is 1450. The average molecular weight is 490 g/mol. The van der Waals surface area contributed by atoms with Crippen molar-refractivity contribution in [1.29, 1.82) is 0 Å². The molecular formula is C26H23N3O5S. The van der Waals surface area contributed by atoms with Crippen molar-refractivity contribution < 1.29 is 23.4 Å². The van der Waals surface area contributed by atoms with E-state index >= 15 is 0 Å². The topological polar surface area (TPSA) is 86.9 Å². The maximum Gasteiger partial charge on any atom is 0.296 e. The van der Waals surface area contributed by atoms with E-state index in [-0.39, 0.29) is 18.2 Å². The van der Waals surface area contributed by atoms with Gasteiger partial charge in [-0.15, -0.1) is 0 Å². The zero-order valence-electron chi connectivity index (χ0n) is 19.5. The number of pyridine rings is 1. The minimum Gasteiger partial charge on any atom is -0.495 e. The molecule has 0 unspecified atom stereocenters. The van der Waals surface area contributed by atoms with Crippen LogP contribution in [0, 0.1) is 0 Å². The van der Waals surface area contributed by atoms with E-state index in [1.165, 1.54) is 11.3 Å². The van der Waals surface area contributed by atoms with Gasteiger partial charge in [-0.05, 0) is 42.8 Å². The first-order valence-corrected chi connectivity index (χ1v) is 11.8. The van der Waals surface area contributed by atoms with Crippen molar-refractivity contribution in [2.75, 3.05) is 25.7 Å². The van der Waals surface area contributed by atoms with Crippen molar-refractivity contribution in [3.8, 4) is 17.2 Å². The second kappa shape index (κ2) is 9.63. The number of fused-ring (bicyclic) bond motifs is 2. The van der Waals surface area contributed by atoms with Crippen LogP contribution in [0.3, 0.4) is 0 Å². The molecule has 0 aliphatic carbocycles. The van der Waals surface area contributed by atoms with Gasteiger partial charge in [0, 0.05) is 17.8 Å². The summed E-state index contributed by atoms with van der Waals surface area (Å²) < 4.78 is 23.5. The first kappa shape index (κ1) is 22.7. The molecule has 8 nitrogen and oxygen atoms in total. The molecule has 3 aromatic heterocycles. The number of nitrogens with zero attached hydrogens (tertiary/aromatic N) is 3. The standard InChI is InChI=1S/C26H23N3O5S/c1-4-33-19-9-5-8-17-13-21(34-23(17)19)25(30)29(15-16-7-6-12-27-14-16)26-28-22-18(31-2)10-11-20(32-3)24(22)35-26/h5-14H,4,15H2,1-3H3. The summed E-state index contributed by atoms with van der Waals surface area (Å²) in [5.41, 5.74) is 2.01. The lowest BCUT2D eigenvalue weighted by Gasteiger charge is -2.18. The number of carbonyl (C=O) groups is 1. The van der Waals surface area contributed by atoms with Crippen molar-refractivity contribution in [2.45, 2.75) is 13.5 Å². The van der Waals surface area contributed by atoms with Crippen molar-refractivity contribution in [3.63, 3.8) is 0 Å². The van der Waals surface area contributed by atoms with Gasteiger partial charge in [0.15, 0.2) is 22.2 Å². The van der Waals surface area contributed by atoms with E-state index in [1.807, 2.05) is 43.3 Å². The summed E-state index contributed by atoms with van der Waals surface area (Å²) in [6, 6.07) is 14.7. The molecule has 178 valence electrons. The molecule has 3 heterocycles. The van der Waals surface area contributed by atoms with Crippen LogP contribution in [-0.2, 0) is 6.54 Å². The quantitative estimate of drug-likeness (QED) is 0.276. The van der Waals surface area contributed by atoms with Gasteiger partial charge in [0.2, 0.25) is 0 Å². The molecule has 0 fully saturated rings. The Morgan fingerprint density at radius 3 is 2.63 bits per heavy atom. The van der Waals surface area contributed by atoms with Gasteiger partial charge in [-0.3, -0.25) is 14.7 Å². The molecule has 1 amide bonds. The number of anilines is 1. The van der Waals surface area contributed by atoms with Gasteiger partial charge in [0.25, 0.3) is 5.91 Å². The summed E-state index contributed by atoms with van der Waals surface area (Å²) in [7, 11) is 3.19. The largest absolute Gasteiger partial charge is 0.495 e. The summed E-state index contributed by atoms with van der Waals surface area (Å²) >= 11 is 1.35. The van der Waals surface area contributed by atoms with Crippen molar-refractivity contribution >= 4 is 43.6 Å². The minimum absolute atomic E-state index is 0.189. The van der Waals surface area contributed by atoms with Crippen LogP contribution in [0.15, 0.2) is 65.3 Å². The SMILES string of the molecule is CCOc1cccc2cc(C(=O)N(Cc3cccnc3)c3nc4c(OC)ccc(OC)c4s3)oc12. The Hall–Kier alpha value is -4.11. The second-order valence-electron chi connectivity index (χ2n) is 7.61. The van der Waals surface area contributed by atoms with Gasteiger partial charge in [-0.2, -0.15) is 0 Å². The van der Waals surface area contributed by atoms with E-state index in [0.717, 1.165) is 15.6 Å². The zero-order valence-corrected chi connectivity index (χ0v) is 20.3. The van der Waals surface area contributed by atoms with Crippen molar-refractivity contribution in [2.24, 2.45) is 0 Å². The molecule has 5 rings (SSSR count). The smallest absolute Gasteiger partial charge is 0.296 e. The molecule has 0 N–H and O–H groups in total. The lowest BCUT2D eigenvalue weighted by Crippen LogP contribution is -2.30. The Labute approximate surface area is 205 Å². The van der Waals surface area contributed by atoms with Crippen LogP contribution in [0.4, 0.5) is 5.13 Å². The van der Waals surface area contributed by atoms with E-state index in [1.54, 1.807) is 43.6 Å². The van der Waals surface area contributed by atoms with Gasteiger partial charge in [0.1, 0.15) is 21.7 Å². The van der Waals surface area contributed by atoms with Gasteiger partial charge >= 0.3 is 0 Å². The molecule has 5 aromatic rings. The van der Waals surface area contributed by atoms with Gasteiger partial charge in [-0.1, -0.05) is 29.5 Å². The molecule has 0 saturated carbocycles. The number of methoxy groups -OCH3 is 2. The fourth-order valence-corrected chi connectivity index (χ4v) is 4.91. The fourth-order valence-electron chi connectivity index (χ4n) is 3.83. The number of rotatable bonds is 8. The third-order valence-corrected chi connectivity index (χ3v) is 6.55. The van der Waals surface area contributed by atoms with E-state index in [0.29, 0.717) is 40.1 Å². The Kier molecular flexibility index (Phi) is 6.24. The Morgan fingerprint density at radius 2 is 1.89 bits per heavy atom. The number of ether oxygens (including phenoxy) is 3. The number of carbonyl (C=O) groups excluding carboxylic acids is 1. The number of hydrogen-bond acceptors (Lipinski definition) is 8. The number of amides is 1. The molecule has 0 atom stereocenters. The monoisotopic (exact) mass is 489 g/mol. The molecule has 0 aliphatic rings. The van der Waals surface area contributed by atoms with Crippen molar-refractivity contribution in [1.82, 2.24) is 9.97 Å². The van der Waals surface area contributed by atoms with Crippen molar-refractivity contribution in [3.05, 3.63) is 72.2 Å². The van der Waals surface area contributed by atoms with E-state index in [9.17, 15) is 4.79 Å². The predicted molar refractivity (Wildman–Crippen MR) is 135 cm³/mol. The number of benzene rings is 2. The van der Waals surface area contributed by atoms with Crippen LogP contribution in [-0.4, -0.2) is 36.7 Å². The highest BCUT2D eigenvalue weighted by molar-refractivity contribution is 7.22. The lowest BCUT2D eigenvalue weighted by atomic mass is 10.2. The normalized spacial score (nSPS) is 11.1. The van der Waals surface area contributed by atoms with Crippen LogP contribution < -0.4 is 19.1 Å². The summed E-state index contributed by atoms with van der Waals surface area (Å²) in [6.07, 6.45) is 3.41. The van der Waals surface area contributed by atoms with Gasteiger partial charge < -0.3 is 18.6 Å². The maximum atomic E-state index is 13.8. The highest BCUT2D eigenvalue weighted by Crippen LogP contribution is 2.41. The number of aromatic nitrogens is 2.